The van der Waals surface area contributed by atoms with Crippen molar-refractivity contribution >= 4 is 17.3 Å². The summed E-state index contributed by atoms with van der Waals surface area (Å²) in [6.45, 7) is 2.22. The maximum atomic E-state index is 13.7. The van der Waals surface area contributed by atoms with Crippen LogP contribution < -0.4 is 10.2 Å². The van der Waals surface area contributed by atoms with Crippen molar-refractivity contribution in [1.29, 1.82) is 0 Å². The van der Waals surface area contributed by atoms with Gasteiger partial charge < -0.3 is 10.2 Å². The van der Waals surface area contributed by atoms with Crippen molar-refractivity contribution in [2.24, 2.45) is 0 Å². The van der Waals surface area contributed by atoms with Gasteiger partial charge in [0.25, 0.3) is 0 Å². The van der Waals surface area contributed by atoms with Crippen LogP contribution in [0.25, 0.3) is 0 Å². The zero-order chi connectivity index (χ0) is 16.9. The molecule has 24 heavy (non-hydrogen) atoms. The van der Waals surface area contributed by atoms with Crippen LogP contribution in [0.5, 0.6) is 0 Å². The van der Waals surface area contributed by atoms with Gasteiger partial charge in [-0.15, -0.1) is 0 Å². The highest BCUT2D eigenvalue weighted by molar-refractivity contribution is 5.61. The second-order valence-corrected chi connectivity index (χ2v) is 5.50. The molecule has 0 bridgehead atoms. The Bertz CT molecular complexity index is 821. The summed E-state index contributed by atoms with van der Waals surface area (Å²) in [5.41, 5.74) is 1.64. The molecule has 3 rings (SSSR count). The van der Waals surface area contributed by atoms with Crippen molar-refractivity contribution in [3.63, 3.8) is 0 Å². The molecule has 4 nitrogen and oxygen atoms in total. The molecular weight excluding hydrogens is 303 g/mol. The molecular formula is C19H19FN4. The van der Waals surface area contributed by atoms with Gasteiger partial charge in [0.05, 0.1) is 0 Å². The summed E-state index contributed by atoms with van der Waals surface area (Å²) in [4.78, 5) is 10.9. The fraction of sp³-hybridized carbons (Fsp3) is 0.158. The summed E-state index contributed by atoms with van der Waals surface area (Å²) in [5.74, 6) is 1.89. The molecule has 122 valence electrons. The van der Waals surface area contributed by atoms with Crippen LogP contribution in [0.3, 0.4) is 0 Å². The van der Waals surface area contributed by atoms with Gasteiger partial charge in [-0.2, -0.15) is 0 Å². The molecule has 5 heteroatoms. The number of hydrogen-bond acceptors (Lipinski definition) is 4. The Morgan fingerprint density at radius 3 is 2.46 bits per heavy atom. The average molecular weight is 322 g/mol. The van der Waals surface area contributed by atoms with Crippen molar-refractivity contribution in [3.8, 4) is 0 Å². The van der Waals surface area contributed by atoms with Gasteiger partial charge in [0, 0.05) is 30.9 Å². The predicted octanol–water partition coefficient (Wildman–Crippen LogP) is 4.30. The minimum atomic E-state index is -0.225. The summed E-state index contributed by atoms with van der Waals surface area (Å²) in [7, 11) is 1.96. The maximum Gasteiger partial charge on any atom is 0.138 e. The summed E-state index contributed by atoms with van der Waals surface area (Å²) >= 11 is 0. The average Bonchev–Trinajstić information content (AvgIpc) is 2.61. The van der Waals surface area contributed by atoms with E-state index >= 15 is 0 Å². The molecule has 1 aromatic heterocycles. The van der Waals surface area contributed by atoms with E-state index in [-0.39, 0.29) is 5.82 Å². The summed E-state index contributed by atoms with van der Waals surface area (Å²) in [6.07, 6.45) is 0. The van der Waals surface area contributed by atoms with Gasteiger partial charge in [0.1, 0.15) is 23.3 Å². The van der Waals surface area contributed by atoms with Crippen molar-refractivity contribution < 1.29 is 4.39 Å². The number of nitrogens with zero attached hydrogens (tertiary/aromatic N) is 3. The number of nitrogens with one attached hydrogen (secondary N) is 1. The minimum absolute atomic E-state index is 0.225. The zero-order valence-electron chi connectivity index (χ0n) is 13.7. The highest BCUT2D eigenvalue weighted by Gasteiger charge is 2.09. The van der Waals surface area contributed by atoms with E-state index in [1.54, 1.807) is 12.1 Å². The number of anilines is 3. The Morgan fingerprint density at radius 2 is 1.71 bits per heavy atom. The van der Waals surface area contributed by atoms with Crippen LogP contribution in [0.4, 0.5) is 21.7 Å². The van der Waals surface area contributed by atoms with E-state index < -0.39 is 0 Å². The molecule has 0 aliphatic heterocycles. The molecule has 0 fully saturated rings. The van der Waals surface area contributed by atoms with Crippen molar-refractivity contribution in [2.75, 3.05) is 17.3 Å². The lowest BCUT2D eigenvalue weighted by molar-refractivity contribution is 0.613. The van der Waals surface area contributed by atoms with Gasteiger partial charge in [-0.25, -0.2) is 14.4 Å². The van der Waals surface area contributed by atoms with Crippen LogP contribution in [-0.4, -0.2) is 17.0 Å². The monoisotopic (exact) mass is 322 g/mol. The fourth-order valence-corrected chi connectivity index (χ4v) is 2.43. The molecule has 0 saturated heterocycles. The highest BCUT2D eigenvalue weighted by Crippen LogP contribution is 2.23. The van der Waals surface area contributed by atoms with Crippen LogP contribution in [0.15, 0.2) is 60.7 Å². The number of halogens is 1. The maximum absolute atomic E-state index is 13.7. The number of para-hydroxylation sites is 1. The van der Waals surface area contributed by atoms with E-state index in [0.717, 1.165) is 11.5 Å². The molecule has 0 aliphatic carbocycles. The van der Waals surface area contributed by atoms with Gasteiger partial charge in [0.2, 0.25) is 0 Å². The van der Waals surface area contributed by atoms with Gasteiger partial charge in [-0.05, 0) is 25.1 Å². The van der Waals surface area contributed by atoms with Crippen LogP contribution >= 0.6 is 0 Å². The molecule has 0 atom stereocenters. The molecule has 0 spiro atoms. The quantitative estimate of drug-likeness (QED) is 0.760. The number of hydrogen-bond donors (Lipinski definition) is 1. The van der Waals surface area contributed by atoms with Gasteiger partial charge >= 0.3 is 0 Å². The van der Waals surface area contributed by atoms with Crippen LogP contribution in [0.1, 0.15) is 11.4 Å². The lowest BCUT2D eigenvalue weighted by Crippen LogP contribution is -2.13. The van der Waals surface area contributed by atoms with Crippen molar-refractivity contribution in [1.82, 2.24) is 9.97 Å². The number of benzene rings is 2. The van der Waals surface area contributed by atoms with Gasteiger partial charge in [0.15, 0.2) is 0 Å². The Morgan fingerprint density at radius 1 is 1.00 bits per heavy atom. The Hall–Kier alpha value is -2.95. The fourth-order valence-electron chi connectivity index (χ4n) is 2.43. The first-order valence-electron chi connectivity index (χ1n) is 7.75. The van der Waals surface area contributed by atoms with E-state index in [2.05, 4.69) is 15.3 Å². The minimum Gasteiger partial charge on any atom is -0.366 e. The number of aryl methyl sites for hydroxylation is 1. The molecule has 1 heterocycles. The number of aromatic nitrogens is 2. The van der Waals surface area contributed by atoms with Gasteiger partial charge in [-0.1, -0.05) is 36.4 Å². The summed E-state index contributed by atoms with van der Waals surface area (Å²) in [5, 5.41) is 3.17. The third-order valence-corrected chi connectivity index (χ3v) is 3.73. The smallest absolute Gasteiger partial charge is 0.138 e. The second-order valence-electron chi connectivity index (χ2n) is 5.50. The standard InChI is InChI=1S/C19H19FN4/c1-14-22-18(21-13-15-8-6-7-11-17(15)20)12-19(23-14)24(2)16-9-4-3-5-10-16/h3-12H,13H2,1-2H3,(H,21,22,23). The molecule has 1 N–H and O–H groups in total. The summed E-state index contributed by atoms with van der Waals surface area (Å²) in [6, 6.07) is 18.6. The predicted molar refractivity (Wildman–Crippen MR) is 95.0 cm³/mol. The zero-order valence-corrected chi connectivity index (χ0v) is 13.7. The topological polar surface area (TPSA) is 41.1 Å². The largest absolute Gasteiger partial charge is 0.366 e. The number of rotatable bonds is 5. The first-order chi connectivity index (χ1) is 11.6. The summed E-state index contributed by atoms with van der Waals surface area (Å²) < 4.78 is 13.7. The van der Waals surface area contributed by atoms with E-state index in [0.29, 0.717) is 23.8 Å². The lowest BCUT2D eigenvalue weighted by Gasteiger charge is -2.19. The van der Waals surface area contributed by atoms with Crippen LogP contribution in [0.2, 0.25) is 0 Å². The van der Waals surface area contributed by atoms with Crippen molar-refractivity contribution in [3.05, 3.63) is 77.9 Å². The molecule has 0 unspecified atom stereocenters. The molecule has 3 aromatic rings. The Labute approximate surface area is 141 Å². The van der Waals surface area contributed by atoms with E-state index in [1.165, 1.54) is 6.07 Å². The molecule has 0 saturated carbocycles. The van der Waals surface area contributed by atoms with Gasteiger partial charge in [-0.3, -0.25) is 0 Å². The molecule has 0 radical (unpaired) electrons. The normalized spacial score (nSPS) is 10.5. The third kappa shape index (κ3) is 3.68. The van der Waals surface area contributed by atoms with Crippen molar-refractivity contribution in [2.45, 2.75) is 13.5 Å². The lowest BCUT2D eigenvalue weighted by atomic mass is 10.2. The molecule has 0 amide bonds. The third-order valence-electron chi connectivity index (χ3n) is 3.73. The van der Waals surface area contributed by atoms with E-state index in [1.807, 2.05) is 61.3 Å². The molecule has 0 aliphatic rings. The first-order valence-corrected chi connectivity index (χ1v) is 7.75. The Kier molecular flexibility index (Phi) is 4.70. The van der Waals surface area contributed by atoms with E-state index in [9.17, 15) is 4.39 Å². The SMILES string of the molecule is Cc1nc(NCc2ccccc2F)cc(N(C)c2ccccc2)n1. The van der Waals surface area contributed by atoms with Crippen LogP contribution in [0, 0.1) is 12.7 Å². The Balaban J connectivity index is 1.80. The molecule has 2 aromatic carbocycles. The first kappa shape index (κ1) is 15.9. The van der Waals surface area contributed by atoms with Crippen LogP contribution in [-0.2, 0) is 6.54 Å². The highest BCUT2D eigenvalue weighted by atomic mass is 19.1. The second kappa shape index (κ2) is 7.08. The van der Waals surface area contributed by atoms with E-state index in [4.69, 9.17) is 0 Å².